The van der Waals surface area contributed by atoms with E-state index in [0.717, 1.165) is 6.42 Å². The molecule has 1 aliphatic heterocycles. The summed E-state index contributed by atoms with van der Waals surface area (Å²) in [5.74, 6) is 0.337. The molecule has 0 bridgehead atoms. The van der Waals surface area contributed by atoms with Gasteiger partial charge in [-0.15, -0.1) is 0 Å². The summed E-state index contributed by atoms with van der Waals surface area (Å²) >= 11 is 0. The highest BCUT2D eigenvalue weighted by atomic mass is 16.6. The standard InChI is InChI=1S/C15H23N5O4/c1-4-9-11(22-3)12(23-6-5-21-2)15(24-9)20-8-19-10-13(16)17-7-18-14(10)20/h7-9,11-12,15H,4-6H2,1-3H3,(H2,16,17,18)/t9-,11?,12+,15-/m1/s1. The van der Waals surface area contributed by atoms with Crippen LogP contribution >= 0.6 is 0 Å². The van der Waals surface area contributed by atoms with Crippen molar-refractivity contribution in [3.05, 3.63) is 12.7 Å². The van der Waals surface area contributed by atoms with Crippen LogP contribution in [0, 0.1) is 0 Å². The quantitative estimate of drug-likeness (QED) is 0.738. The fourth-order valence-corrected chi connectivity index (χ4v) is 3.05. The van der Waals surface area contributed by atoms with Crippen LogP contribution in [-0.4, -0.2) is 65.3 Å². The largest absolute Gasteiger partial charge is 0.382 e. The molecule has 3 heterocycles. The van der Waals surface area contributed by atoms with Gasteiger partial charge in [-0.05, 0) is 6.42 Å². The summed E-state index contributed by atoms with van der Waals surface area (Å²) in [7, 11) is 3.30. The third kappa shape index (κ3) is 2.95. The van der Waals surface area contributed by atoms with E-state index in [9.17, 15) is 0 Å². The molecule has 9 nitrogen and oxygen atoms in total. The second-order valence-corrected chi connectivity index (χ2v) is 5.58. The summed E-state index contributed by atoms with van der Waals surface area (Å²) < 4.78 is 24.7. The molecule has 2 aromatic heterocycles. The van der Waals surface area contributed by atoms with Gasteiger partial charge >= 0.3 is 0 Å². The molecule has 1 fully saturated rings. The molecular formula is C15H23N5O4. The minimum Gasteiger partial charge on any atom is -0.382 e. The van der Waals surface area contributed by atoms with E-state index in [-0.39, 0.29) is 18.3 Å². The molecule has 0 radical (unpaired) electrons. The van der Waals surface area contributed by atoms with E-state index in [1.54, 1.807) is 20.5 Å². The van der Waals surface area contributed by atoms with Crippen molar-refractivity contribution in [1.29, 1.82) is 0 Å². The Kier molecular flexibility index (Phi) is 5.24. The lowest BCUT2D eigenvalue weighted by atomic mass is 10.1. The van der Waals surface area contributed by atoms with Crippen LogP contribution in [0.1, 0.15) is 19.6 Å². The molecule has 1 saturated heterocycles. The summed E-state index contributed by atoms with van der Waals surface area (Å²) in [6.45, 7) is 2.99. The fraction of sp³-hybridized carbons (Fsp3) is 0.667. The lowest BCUT2D eigenvalue weighted by molar-refractivity contribution is -0.0812. The molecule has 24 heavy (non-hydrogen) atoms. The molecular weight excluding hydrogens is 314 g/mol. The number of nitrogen functional groups attached to an aromatic ring is 1. The van der Waals surface area contributed by atoms with Gasteiger partial charge in [0.05, 0.1) is 25.6 Å². The van der Waals surface area contributed by atoms with Gasteiger partial charge in [0, 0.05) is 14.2 Å². The van der Waals surface area contributed by atoms with Crippen molar-refractivity contribution in [2.24, 2.45) is 0 Å². The Labute approximate surface area is 140 Å². The third-order valence-electron chi connectivity index (χ3n) is 4.22. The summed E-state index contributed by atoms with van der Waals surface area (Å²) in [5, 5.41) is 0. The number of imidazole rings is 1. The van der Waals surface area contributed by atoms with E-state index in [4.69, 9.17) is 24.7 Å². The van der Waals surface area contributed by atoms with Crippen LogP contribution in [0.5, 0.6) is 0 Å². The fourth-order valence-electron chi connectivity index (χ4n) is 3.05. The average Bonchev–Trinajstić information content (AvgIpc) is 3.16. The molecule has 3 rings (SSSR count). The number of aromatic nitrogens is 4. The molecule has 2 aromatic rings. The van der Waals surface area contributed by atoms with Gasteiger partial charge in [0.2, 0.25) is 0 Å². The molecule has 1 aliphatic rings. The number of anilines is 1. The van der Waals surface area contributed by atoms with Crippen molar-refractivity contribution < 1.29 is 18.9 Å². The zero-order chi connectivity index (χ0) is 17.1. The van der Waals surface area contributed by atoms with Gasteiger partial charge in [0.1, 0.15) is 24.1 Å². The predicted molar refractivity (Wildman–Crippen MR) is 86.3 cm³/mol. The lowest BCUT2D eigenvalue weighted by Gasteiger charge is -2.23. The number of rotatable bonds is 7. The van der Waals surface area contributed by atoms with Crippen LogP contribution in [0.2, 0.25) is 0 Å². The van der Waals surface area contributed by atoms with Gasteiger partial charge in [0.25, 0.3) is 0 Å². The maximum absolute atomic E-state index is 6.18. The molecule has 0 aromatic carbocycles. The first-order valence-corrected chi connectivity index (χ1v) is 7.93. The van der Waals surface area contributed by atoms with Gasteiger partial charge in [-0.3, -0.25) is 4.57 Å². The van der Waals surface area contributed by atoms with E-state index in [1.807, 2.05) is 4.57 Å². The summed E-state index contributed by atoms with van der Waals surface area (Å²) in [5.41, 5.74) is 7.03. The van der Waals surface area contributed by atoms with Crippen LogP contribution in [0.3, 0.4) is 0 Å². The van der Waals surface area contributed by atoms with Crippen molar-refractivity contribution in [3.63, 3.8) is 0 Å². The Morgan fingerprint density at radius 2 is 2.04 bits per heavy atom. The Morgan fingerprint density at radius 3 is 2.75 bits per heavy atom. The van der Waals surface area contributed by atoms with E-state index < -0.39 is 6.23 Å². The highest BCUT2D eigenvalue weighted by Crippen LogP contribution is 2.36. The minimum atomic E-state index is -0.406. The molecule has 2 N–H and O–H groups in total. The number of nitrogens with two attached hydrogens (primary N) is 1. The number of hydrogen-bond donors (Lipinski definition) is 1. The topological polar surface area (TPSA) is 107 Å². The number of hydrogen-bond acceptors (Lipinski definition) is 8. The predicted octanol–water partition coefficient (Wildman–Crippen LogP) is 0.763. The number of fused-ring (bicyclic) bond motifs is 1. The van der Waals surface area contributed by atoms with Crippen molar-refractivity contribution >= 4 is 17.0 Å². The highest BCUT2D eigenvalue weighted by molar-refractivity contribution is 5.81. The first-order valence-electron chi connectivity index (χ1n) is 7.93. The molecule has 0 aliphatic carbocycles. The van der Waals surface area contributed by atoms with Crippen LogP contribution < -0.4 is 5.73 Å². The normalized spacial score (nSPS) is 27.1. The molecule has 0 amide bonds. The Hall–Kier alpha value is -1.81. The molecule has 0 spiro atoms. The molecule has 0 saturated carbocycles. The molecule has 9 heteroatoms. The van der Waals surface area contributed by atoms with Gasteiger partial charge in [-0.2, -0.15) is 0 Å². The van der Waals surface area contributed by atoms with E-state index in [0.29, 0.717) is 30.2 Å². The second-order valence-electron chi connectivity index (χ2n) is 5.58. The first kappa shape index (κ1) is 17.0. The van der Waals surface area contributed by atoms with E-state index >= 15 is 0 Å². The van der Waals surface area contributed by atoms with E-state index in [1.165, 1.54) is 6.33 Å². The monoisotopic (exact) mass is 337 g/mol. The van der Waals surface area contributed by atoms with Crippen LogP contribution in [-0.2, 0) is 18.9 Å². The second kappa shape index (κ2) is 7.39. The Bertz CT molecular complexity index is 679. The maximum atomic E-state index is 6.18. The van der Waals surface area contributed by atoms with Crippen molar-refractivity contribution in [1.82, 2.24) is 19.5 Å². The van der Waals surface area contributed by atoms with Gasteiger partial charge in [0.15, 0.2) is 17.7 Å². The van der Waals surface area contributed by atoms with Gasteiger partial charge < -0.3 is 24.7 Å². The smallest absolute Gasteiger partial charge is 0.167 e. The average molecular weight is 337 g/mol. The first-order chi connectivity index (χ1) is 11.7. The zero-order valence-electron chi connectivity index (χ0n) is 14.1. The molecule has 4 atom stereocenters. The highest BCUT2D eigenvalue weighted by Gasteiger charge is 2.46. The summed E-state index contributed by atoms with van der Waals surface area (Å²) in [6.07, 6.45) is 2.90. The Balaban J connectivity index is 1.94. The van der Waals surface area contributed by atoms with Crippen molar-refractivity contribution in [3.8, 4) is 0 Å². The zero-order valence-corrected chi connectivity index (χ0v) is 14.1. The summed E-state index contributed by atoms with van der Waals surface area (Å²) in [6, 6.07) is 0. The molecule has 132 valence electrons. The number of ether oxygens (including phenoxy) is 4. The SMILES string of the molecule is CC[C@H]1O[C@@H](n2cnc3c(N)ncnc32)[C@@H](OCCOC)C1OC. The van der Waals surface area contributed by atoms with Gasteiger partial charge in [-0.1, -0.05) is 6.92 Å². The third-order valence-corrected chi connectivity index (χ3v) is 4.22. The maximum Gasteiger partial charge on any atom is 0.167 e. The van der Waals surface area contributed by atoms with Gasteiger partial charge in [-0.25, -0.2) is 15.0 Å². The van der Waals surface area contributed by atoms with Crippen LogP contribution in [0.15, 0.2) is 12.7 Å². The summed E-state index contributed by atoms with van der Waals surface area (Å²) in [4.78, 5) is 12.6. The van der Waals surface area contributed by atoms with Crippen molar-refractivity contribution in [2.45, 2.75) is 37.9 Å². The number of nitrogens with zero attached hydrogens (tertiary/aromatic N) is 4. The van der Waals surface area contributed by atoms with Crippen LogP contribution in [0.25, 0.3) is 11.2 Å². The minimum absolute atomic E-state index is 0.0795. The number of methoxy groups -OCH3 is 2. The lowest BCUT2D eigenvalue weighted by Crippen LogP contribution is -2.36. The van der Waals surface area contributed by atoms with Crippen LogP contribution in [0.4, 0.5) is 5.82 Å². The Morgan fingerprint density at radius 1 is 1.21 bits per heavy atom. The molecule has 1 unspecified atom stereocenters. The van der Waals surface area contributed by atoms with E-state index in [2.05, 4.69) is 21.9 Å². The van der Waals surface area contributed by atoms with Crippen molar-refractivity contribution in [2.75, 3.05) is 33.2 Å².